The van der Waals surface area contributed by atoms with Gasteiger partial charge in [-0.2, -0.15) is 0 Å². The SMILES string of the molecule is CCCC(C)(N)C(=O)N(CC)CC(=O)N(C)C. The van der Waals surface area contributed by atoms with Crippen LogP contribution in [-0.2, 0) is 9.59 Å². The Morgan fingerprint density at radius 1 is 1.24 bits per heavy atom. The summed E-state index contributed by atoms with van der Waals surface area (Å²) < 4.78 is 0. The van der Waals surface area contributed by atoms with Crippen LogP contribution in [0.4, 0.5) is 0 Å². The molecule has 2 N–H and O–H groups in total. The summed E-state index contributed by atoms with van der Waals surface area (Å²) in [4.78, 5) is 26.8. The van der Waals surface area contributed by atoms with E-state index in [9.17, 15) is 9.59 Å². The van der Waals surface area contributed by atoms with Crippen LogP contribution in [0.2, 0.25) is 0 Å². The smallest absolute Gasteiger partial charge is 0.242 e. The lowest BCUT2D eigenvalue weighted by Crippen LogP contribution is -2.55. The van der Waals surface area contributed by atoms with Crippen molar-refractivity contribution in [2.45, 2.75) is 39.2 Å². The van der Waals surface area contributed by atoms with Crippen molar-refractivity contribution in [1.29, 1.82) is 0 Å². The molecule has 0 saturated carbocycles. The maximum atomic E-state index is 12.2. The summed E-state index contributed by atoms with van der Waals surface area (Å²) in [5.74, 6) is -0.246. The molecule has 0 saturated heterocycles. The number of nitrogens with zero attached hydrogens (tertiary/aromatic N) is 2. The van der Waals surface area contributed by atoms with E-state index in [1.54, 1.807) is 21.0 Å². The molecular formula is C12H25N3O2. The highest BCUT2D eigenvalue weighted by molar-refractivity contribution is 5.89. The molecule has 5 nitrogen and oxygen atoms in total. The fourth-order valence-electron chi connectivity index (χ4n) is 1.62. The lowest BCUT2D eigenvalue weighted by molar-refractivity contribution is -0.142. The first kappa shape index (κ1) is 15.9. The summed E-state index contributed by atoms with van der Waals surface area (Å²) >= 11 is 0. The Bertz CT molecular complexity index is 275. The monoisotopic (exact) mass is 243 g/mol. The highest BCUT2D eigenvalue weighted by Crippen LogP contribution is 2.12. The second-order valence-electron chi connectivity index (χ2n) is 4.77. The van der Waals surface area contributed by atoms with Gasteiger partial charge >= 0.3 is 0 Å². The summed E-state index contributed by atoms with van der Waals surface area (Å²) in [5.41, 5.74) is 5.11. The van der Waals surface area contributed by atoms with Crippen molar-refractivity contribution < 1.29 is 9.59 Å². The Labute approximate surface area is 104 Å². The van der Waals surface area contributed by atoms with E-state index in [4.69, 9.17) is 5.73 Å². The number of likely N-dealkylation sites (N-methyl/N-ethyl adjacent to an activating group) is 2. The van der Waals surface area contributed by atoms with Crippen molar-refractivity contribution in [3.8, 4) is 0 Å². The van der Waals surface area contributed by atoms with Crippen molar-refractivity contribution >= 4 is 11.8 Å². The Morgan fingerprint density at radius 2 is 1.76 bits per heavy atom. The van der Waals surface area contributed by atoms with Gasteiger partial charge in [-0.15, -0.1) is 0 Å². The number of hydrogen-bond donors (Lipinski definition) is 1. The molecule has 5 heteroatoms. The zero-order valence-corrected chi connectivity index (χ0v) is 11.6. The molecule has 0 spiro atoms. The first-order chi connectivity index (χ1) is 7.76. The Hall–Kier alpha value is -1.10. The predicted octanol–water partition coefficient (Wildman–Crippen LogP) is 0.441. The average Bonchev–Trinajstić information content (AvgIpc) is 2.24. The largest absolute Gasteiger partial charge is 0.347 e. The van der Waals surface area contributed by atoms with Crippen LogP contribution in [0.25, 0.3) is 0 Å². The van der Waals surface area contributed by atoms with Crippen LogP contribution < -0.4 is 5.73 Å². The maximum Gasteiger partial charge on any atom is 0.242 e. The molecule has 0 aliphatic carbocycles. The molecule has 17 heavy (non-hydrogen) atoms. The average molecular weight is 243 g/mol. The van der Waals surface area contributed by atoms with Gasteiger partial charge in [-0.05, 0) is 20.3 Å². The van der Waals surface area contributed by atoms with E-state index in [0.717, 1.165) is 6.42 Å². The fraction of sp³-hybridized carbons (Fsp3) is 0.833. The number of amides is 2. The Kier molecular flexibility index (Phi) is 6.16. The van der Waals surface area contributed by atoms with Crippen molar-refractivity contribution in [2.75, 3.05) is 27.2 Å². The van der Waals surface area contributed by atoms with Crippen molar-refractivity contribution in [3.63, 3.8) is 0 Å². The van der Waals surface area contributed by atoms with Crippen LogP contribution in [-0.4, -0.2) is 54.3 Å². The van der Waals surface area contributed by atoms with Gasteiger partial charge in [0.05, 0.1) is 12.1 Å². The third-order valence-electron chi connectivity index (χ3n) is 2.75. The molecule has 0 aliphatic heterocycles. The third-order valence-corrected chi connectivity index (χ3v) is 2.75. The van der Waals surface area contributed by atoms with Crippen LogP contribution in [0.15, 0.2) is 0 Å². The van der Waals surface area contributed by atoms with E-state index >= 15 is 0 Å². The number of rotatable bonds is 6. The molecule has 0 aromatic carbocycles. The Morgan fingerprint density at radius 3 is 2.12 bits per heavy atom. The highest BCUT2D eigenvalue weighted by Gasteiger charge is 2.32. The normalized spacial score (nSPS) is 14.0. The first-order valence-electron chi connectivity index (χ1n) is 6.04. The van der Waals surface area contributed by atoms with E-state index in [1.165, 1.54) is 9.80 Å². The molecule has 100 valence electrons. The summed E-state index contributed by atoms with van der Waals surface area (Å²) in [5, 5.41) is 0. The molecule has 0 rings (SSSR count). The van der Waals surface area contributed by atoms with Crippen LogP contribution in [0.5, 0.6) is 0 Å². The maximum absolute atomic E-state index is 12.2. The summed E-state index contributed by atoms with van der Waals surface area (Å²) in [7, 11) is 3.35. The van der Waals surface area contributed by atoms with Gasteiger partial charge in [0.25, 0.3) is 0 Å². The topological polar surface area (TPSA) is 66.6 Å². The molecule has 0 heterocycles. The van der Waals surface area contributed by atoms with Crippen molar-refractivity contribution in [3.05, 3.63) is 0 Å². The molecule has 0 radical (unpaired) electrons. The van der Waals surface area contributed by atoms with Crippen molar-refractivity contribution in [2.24, 2.45) is 5.73 Å². The van der Waals surface area contributed by atoms with Gasteiger partial charge in [0.2, 0.25) is 11.8 Å². The summed E-state index contributed by atoms with van der Waals surface area (Å²) in [6.07, 6.45) is 1.47. The van der Waals surface area contributed by atoms with Gasteiger partial charge in [-0.1, -0.05) is 13.3 Å². The first-order valence-corrected chi connectivity index (χ1v) is 6.04. The zero-order valence-electron chi connectivity index (χ0n) is 11.6. The van der Waals surface area contributed by atoms with E-state index in [2.05, 4.69) is 0 Å². The summed E-state index contributed by atoms with van der Waals surface area (Å²) in [6, 6.07) is 0. The quantitative estimate of drug-likeness (QED) is 0.736. The fourth-order valence-corrected chi connectivity index (χ4v) is 1.62. The molecular weight excluding hydrogens is 218 g/mol. The number of hydrogen-bond acceptors (Lipinski definition) is 3. The van der Waals surface area contributed by atoms with Gasteiger partial charge in [0.1, 0.15) is 0 Å². The Balaban J connectivity index is 4.66. The minimum Gasteiger partial charge on any atom is -0.347 e. The molecule has 2 amide bonds. The molecule has 0 aromatic rings. The van der Waals surface area contributed by atoms with Gasteiger partial charge in [0.15, 0.2) is 0 Å². The van der Waals surface area contributed by atoms with Gasteiger partial charge < -0.3 is 15.5 Å². The molecule has 0 aliphatic rings. The highest BCUT2D eigenvalue weighted by atomic mass is 16.2. The summed E-state index contributed by atoms with van der Waals surface area (Å²) in [6.45, 7) is 6.15. The van der Waals surface area contributed by atoms with Gasteiger partial charge in [0, 0.05) is 20.6 Å². The van der Waals surface area contributed by atoms with Crippen molar-refractivity contribution in [1.82, 2.24) is 9.80 Å². The molecule has 0 fully saturated rings. The second kappa shape index (κ2) is 6.59. The van der Waals surface area contributed by atoms with E-state index in [-0.39, 0.29) is 18.4 Å². The lowest BCUT2D eigenvalue weighted by Gasteiger charge is -2.31. The van der Waals surface area contributed by atoms with Crippen LogP contribution in [0.1, 0.15) is 33.6 Å². The molecule has 1 atom stereocenters. The van der Waals surface area contributed by atoms with E-state index < -0.39 is 5.54 Å². The lowest BCUT2D eigenvalue weighted by atomic mass is 9.95. The van der Waals surface area contributed by atoms with Gasteiger partial charge in [-0.25, -0.2) is 0 Å². The predicted molar refractivity (Wildman–Crippen MR) is 68.4 cm³/mol. The van der Waals surface area contributed by atoms with E-state index in [0.29, 0.717) is 13.0 Å². The minimum atomic E-state index is -0.878. The molecule has 0 aromatic heterocycles. The number of carbonyl (C=O) groups excluding carboxylic acids is 2. The standard InChI is InChI=1S/C12H25N3O2/c1-6-8-12(3,13)11(17)15(7-2)9-10(16)14(4)5/h6-9,13H2,1-5H3. The van der Waals surface area contributed by atoms with Gasteiger partial charge in [-0.3, -0.25) is 9.59 Å². The van der Waals surface area contributed by atoms with Crippen LogP contribution >= 0.6 is 0 Å². The number of carbonyl (C=O) groups is 2. The van der Waals surface area contributed by atoms with Crippen LogP contribution in [0, 0.1) is 0 Å². The molecule has 1 unspecified atom stereocenters. The second-order valence-corrected chi connectivity index (χ2v) is 4.77. The minimum absolute atomic E-state index is 0.0903. The number of nitrogens with two attached hydrogens (primary N) is 1. The third kappa shape index (κ3) is 4.73. The van der Waals surface area contributed by atoms with E-state index in [1.807, 2.05) is 13.8 Å². The van der Waals surface area contributed by atoms with Crippen LogP contribution in [0.3, 0.4) is 0 Å². The molecule has 0 bridgehead atoms. The zero-order chi connectivity index (χ0) is 13.6.